The quantitative estimate of drug-likeness (QED) is 0.681. The first kappa shape index (κ1) is 18.2. The molecule has 28 heavy (non-hydrogen) atoms. The molecule has 1 aromatic carbocycles. The van der Waals surface area contributed by atoms with Crippen molar-refractivity contribution in [1.82, 2.24) is 20.0 Å². The molecule has 3 heterocycles. The van der Waals surface area contributed by atoms with Crippen molar-refractivity contribution in [3.63, 3.8) is 0 Å². The average molecular weight is 377 g/mol. The van der Waals surface area contributed by atoms with Crippen molar-refractivity contribution >= 4 is 11.7 Å². The number of nitrogens with one attached hydrogen (secondary N) is 1. The first-order valence-electron chi connectivity index (χ1n) is 9.55. The Kier molecular flexibility index (Phi) is 5.32. The van der Waals surface area contributed by atoms with Crippen LogP contribution in [0.4, 0.5) is 5.82 Å². The predicted octanol–water partition coefficient (Wildman–Crippen LogP) is 3.09. The summed E-state index contributed by atoms with van der Waals surface area (Å²) >= 11 is 0. The third-order valence-electron chi connectivity index (χ3n) is 4.89. The Morgan fingerprint density at radius 1 is 1.25 bits per heavy atom. The average Bonchev–Trinajstić information content (AvgIpc) is 3.30. The fraction of sp³-hybridized carbons (Fsp3) is 0.333. The molecule has 1 saturated heterocycles. The van der Waals surface area contributed by atoms with E-state index in [0.717, 1.165) is 37.9 Å². The van der Waals surface area contributed by atoms with Gasteiger partial charge in [0.15, 0.2) is 5.82 Å². The van der Waals surface area contributed by atoms with Crippen LogP contribution >= 0.6 is 0 Å². The van der Waals surface area contributed by atoms with Crippen LogP contribution in [-0.2, 0) is 11.2 Å². The summed E-state index contributed by atoms with van der Waals surface area (Å²) in [6, 6.07) is 13.8. The molecule has 1 N–H and O–H groups in total. The number of amides is 1. The fourth-order valence-electron chi connectivity index (χ4n) is 3.45. The van der Waals surface area contributed by atoms with Crippen LogP contribution in [0.3, 0.4) is 0 Å². The molecule has 0 saturated carbocycles. The molecule has 0 aliphatic carbocycles. The second-order valence-corrected chi connectivity index (χ2v) is 6.98. The largest absolute Gasteiger partial charge is 0.358 e. The van der Waals surface area contributed by atoms with Crippen LogP contribution < -0.4 is 5.32 Å². The first-order valence-corrected chi connectivity index (χ1v) is 9.55. The predicted molar refractivity (Wildman–Crippen MR) is 106 cm³/mol. The molecule has 144 valence electrons. The minimum Gasteiger partial charge on any atom is -0.358 e. The van der Waals surface area contributed by atoms with E-state index < -0.39 is 0 Å². The highest BCUT2D eigenvalue weighted by Crippen LogP contribution is 2.22. The standard InChI is InChI=1S/C21H23N5O2/c1-15-23-20(28-25-15)17-9-11-22-19(14-17)24-18-10-13-26(21(18)27)12-5-8-16-6-3-2-4-7-16/h2-4,6-7,9,11,14,18H,5,8,10,12-13H2,1H3,(H,22,24). The molecule has 4 rings (SSSR count). The van der Waals surface area contributed by atoms with Gasteiger partial charge in [0.2, 0.25) is 5.91 Å². The number of anilines is 1. The van der Waals surface area contributed by atoms with Gasteiger partial charge in [0, 0.05) is 24.8 Å². The minimum atomic E-state index is -0.246. The van der Waals surface area contributed by atoms with Gasteiger partial charge in [0.1, 0.15) is 11.9 Å². The number of carbonyl (C=O) groups is 1. The number of aromatic nitrogens is 3. The van der Waals surface area contributed by atoms with Gasteiger partial charge < -0.3 is 14.7 Å². The molecule has 1 unspecified atom stereocenters. The maximum absolute atomic E-state index is 12.7. The zero-order chi connectivity index (χ0) is 19.3. The lowest BCUT2D eigenvalue weighted by atomic mass is 10.1. The molecule has 1 aliphatic rings. The third kappa shape index (κ3) is 4.19. The Morgan fingerprint density at radius 2 is 2.11 bits per heavy atom. The van der Waals surface area contributed by atoms with E-state index in [0.29, 0.717) is 17.5 Å². The SMILES string of the molecule is Cc1noc(-c2ccnc(NC3CCN(CCCc4ccccc4)C3=O)c2)n1. The molecule has 7 heteroatoms. The van der Waals surface area contributed by atoms with Gasteiger partial charge in [-0.05, 0) is 43.9 Å². The summed E-state index contributed by atoms with van der Waals surface area (Å²) < 4.78 is 5.20. The van der Waals surface area contributed by atoms with Crippen molar-refractivity contribution in [3.05, 3.63) is 60.0 Å². The monoisotopic (exact) mass is 377 g/mol. The van der Waals surface area contributed by atoms with E-state index in [1.54, 1.807) is 13.1 Å². The zero-order valence-electron chi connectivity index (χ0n) is 15.8. The molecular formula is C21H23N5O2. The number of aryl methyl sites for hydroxylation is 2. The maximum atomic E-state index is 12.7. The van der Waals surface area contributed by atoms with E-state index in [9.17, 15) is 4.79 Å². The lowest BCUT2D eigenvalue weighted by Gasteiger charge is -2.17. The number of carbonyl (C=O) groups excluding carboxylic acids is 1. The van der Waals surface area contributed by atoms with Gasteiger partial charge in [-0.3, -0.25) is 4.79 Å². The summed E-state index contributed by atoms with van der Waals surface area (Å²) in [5.74, 6) is 1.80. The highest BCUT2D eigenvalue weighted by Gasteiger charge is 2.31. The van der Waals surface area contributed by atoms with Crippen molar-refractivity contribution in [3.8, 4) is 11.5 Å². The molecule has 7 nitrogen and oxygen atoms in total. The van der Waals surface area contributed by atoms with Crippen LogP contribution in [0, 0.1) is 6.92 Å². The van der Waals surface area contributed by atoms with Gasteiger partial charge in [-0.1, -0.05) is 35.5 Å². The lowest BCUT2D eigenvalue weighted by molar-refractivity contribution is -0.128. The highest BCUT2D eigenvalue weighted by molar-refractivity contribution is 5.86. The molecule has 0 bridgehead atoms. The Hall–Kier alpha value is -3.22. The number of pyridine rings is 1. The second kappa shape index (κ2) is 8.21. The van der Waals surface area contributed by atoms with E-state index in [2.05, 4.69) is 32.6 Å². The summed E-state index contributed by atoms with van der Waals surface area (Å²) in [6.07, 6.45) is 4.40. The van der Waals surface area contributed by atoms with Gasteiger partial charge in [0.05, 0.1) is 0 Å². The van der Waals surface area contributed by atoms with Gasteiger partial charge in [-0.25, -0.2) is 4.98 Å². The summed E-state index contributed by atoms with van der Waals surface area (Å²) in [6.45, 7) is 3.32. The Balaban J connectivity index is 1.33. The molecule has 2 aromatic heterocycles. The summed E-state index contributed by atoms with van der Waals surface area (Å²) in [4.78, 5) is 23.2. The van der Waals surface area contributed by atoms with Gasteiger partial charge in [-0.2, -0.15) is 4.98 Å². The van der Waals surface area contributed by atoms with Crippen LogP contribution in [0.2, 0.25) is 0 Å². The number of benzene rings is 1. The van der Waals surface area contributed by atoms with Crippen molar-refractivity contribution < 1.29 is 9.32 Å². The molecule has 1 aliphatic heterocycles. The van der Waals surface area contributed by atoms with Crippen LogP contribution in [-0.4, -0.2) is 45.1 Å². The fourth-order valence-corrected chi connectivity index (χ4v) is 3.45. The normalized spacial score (nSPS) is 16.5. The van der Waals surface area contributed by atoms with Crippen molar-refractivity contribution in [1.29, 1.82) is 0 Å². The molecule has 3 aromatic rings. The van der Waals surface area contributed by atoms with Crippen LogP contribution in [0.1, 0.15) is 24.2 Å². The van der Waals surface area contributed by atoms with Gasteiger partial charge in [0.25, 0.3) is 5.89 Å². The topological polar surface area (TPSA) is 84.2 Å². The smallest absolute Gasteiger partial charge is 0.258 e. The number of rotatable bonds is 7. The summed E-state index contributed by atoms with van der Waals surface area (Å²) in [7, 11) is 0. The van der Waals surface area contributed by atoms with Crippen LogP contribution in [0.15, 0.2) is 53.2 Å². The highest BCUT2D eigenvalue weighted by atomic mass is 16.5. The molecule has 0 radical (unpaired) electrons. The molecule has 1 atom stereocenters. The lowest BCUT2D eigenvalue weighted by Crippen LogP contribution is -2.34. The van der Waals surface area contributed by atoms with E-state index in [-0.39, 0.29) is 11.9 Å². The first-order chi connectivity index (χ1) is 13.7. The van der Waals surface area contributed by atoms with E-state index in [1.165, 1.54) is 5.56 Å². The van der Waals surface area contributed by atoms with Crippen molar-refractivity contribution in [2.24, 2.45) is 0 Å². The summed E-state index contributed by atoms with van der Waals surface area (Å²) in [5.41, 5.74) is 2.09. The van der Waals surface area contributed by atoms with Crippen LogP contribution in [0.5, 0.6) is 0 Å². The van der Waals surface area contributed by atoms with Crippen LogP contribution in [0.25, 0.3) is 11.5 Å². The van der Waals surface area contributed by atoms with E-state index in [1.807, 2.05) is 35.2 Å². The van der Waals surface area contributed by atoms with E-state index >= 15 is 0 Å². The summed E-state index contributed by atoms with van der Waals surface area (Å²) in [5, 5.41) is 7.06. The minimum absolute atomic E-state index is 0.133. The number of hydrogen-bond donors (Lipinski definition) is 1. The molecular weight excluding hydrogens is 354 g/mol. The van der Waals surface area contributed by atoms with E-state index in [4.69, 9.17) is 4.52 Å². The third-order valence-corrected chi connectivity index (χ3v) is 4.89. The Bertz CT molecular complexity index is 941. The number of hydrogen-bond acceptors (Lipinski definition) is 6. The van der Waals surface area contributed by atoms with Gasteiger partial charge in [-0.15, -0.1) is 0 Å². The number of nitrogens with zero attached hydrogens (tertiary/aromatic N) is 4. The Labute approximate surface area is 163 Å². The second-order valence-electron chi connectivity index (χ2n) is 6.98. The Morgan fingerprint density at radius 3 is 2.89 bits per heavy atom. The molecule has 1 fully saturated rings. The zero-order valence-corrected chi connectivity index (χ0v) is 15.8. The van der Waals surface area contributed by atoms with Crippen molar-refractivity contribution in [2.45, 2.75) is 32.2 Å². The number of likely N-dealkylation sites (tertiary alicyclic amines) is 1. The van der Waals surface area contributed by atoms with Gasteiger partial charge >= 0.3 is 0 Å². The molecule has 1 amide bonds. The maximum Gasteiger partial charge on any atom is 0.258 e. The van der Waals surface area contributed by atoms with Crippen molar-refractivity contribution in [2.75, 3.05) is 18.4 Å². The molecule has 0 spiro atoms.